The first-order chi connectivity index (χ1) is 13.0. The van der Waals surface area contributed by atoms with Gasteiger partial charge in [-0.15, -0.1) is 11.6 Å². The third-order valence-electron chi connectivity index (χ3n) is 7.57. The average Bonchev–Trinajstić information content (AvgIpc) is 2.66. The molecule has 1 aromatic carbocycles. The van der Waals surface area contributed by atoms with Crippen LogP contribution >= 0.6 is 11.6 Å². The van der Waals surface area contributed by atoms with E-state index < -0.39 is 10.8 Å². The fourth-order valence-corrected chi connectivity index (χ4v) is 7.23. The fourth-order valence-electron chi connectivity index (χ4n) is 6.86. The number of rotatable bonds is 4. The van der Waals surface area contributed by atoms with Crippen molar-refractivity contribution in [2.75, 3.05) is 7.11 Å². The lowest BCUT2D eigenvalue weighted by atomic mass is 9.46. The van der Waals surface area contributed by atoms with Crippen molar-refractivity contribution in [3.63, 3.8) is 0 Å². The van der Waals surface area contributed by atoms with Crippen LogP contribution in [0.5, 0.6) is 5.75 Å². The maximum Gasteiger partial charge on any atom is 0.244 e. The van der Waals surface area contributed by atoms with Crippen molar-refractivity contribution in [2.45, 2.75) is 49.6 Å². The van der Waals surface area contributed by atoms with Gasteiger partial charge in [-0.1, -0.05) is 18.2 Å². The van der Waals surface area contributed by atoms with E-state index in [1.165, 1.54) is 6.42 Å². The molecule has 5 aliphatic rings. The minimum absolute atomic E-state index is 0.0781. The highest BCUT2D eigenvalue weighted by molar-refractivity contribution is 6.33. The van der Waals surface area contributed by atoms with E-state index in [1.54, 1.807) is 7.11 Å². The third-order valence-corrected chi connectivity index (χ3v) is 8.00. The lowest BCUT2D eigenvalue weighted by molar-refractivity contribution is -0.185. The van der Waals surface area contributed by atoms with Gasteiger partial charge in [0.05, 0.1) is 18.6 Å². The van der Waals surface area contributed by atoms with Crippen molar-refractivity contribution in [2.24, 2.45) is 28.9 Å². The number of methoxy groups -OCH3 is 1. The summed E-state index contributed by atoms with van der Waals surface area (Å²) in [5.41, 5.74) is 6.30. The zero-order valence-electron chi connectivity index (χ0n) is 15.4. The minimum atomic E-state index is -0.622. The summed E-state index contributed by atoms with van der Waals surface area (Å²) in [6, 6.07) is 7.29. The highest BCUT2D eigenvalue weighted by Crippen LogP contribution is 2.63. The monoisotopic (exact) mass is 388 g/mol. The summed E-state index contributed by atoms with van der Waals surface area (Å²) in [7, 11) is 1.63. The lowest BCUT2D eigenvalue weighted by Crippen LogP contribution is -2.72. The van der Waals surface area contributed by atoms with E-state index in [2.05, 4.69) is 0 Å². The van der Waals surface area contributed by atoms with E-state index >= 15 is 0 Å². The molecule has 5 fully saturated rings. The fraction of sp³-hybridized carbons (Fsp3) is 0.619. The number of β-lactam (4-membered cyclic amide) rings is 1. The summed E-state index contributed by atoms with van der Waals surface area (Å²) in [4.78, 5) is 27.5. The lowest BCUT2D eigenvalue weighted by Gasteiger charge is -2.65. The molecule has 1 saturated heterocycles. The van der Waals surface area contributed by atoms with Crippen LogP contribution in [0.4, 0.5) is 0 Å². The Labute approximate surface area is 164 Å². The second kappa shape index (κ2) is 5.87. The molecule has 1 aromatic rings. The predicted molar refractivity (Wildman–Crippen MR) is 101 cm³/mol. The molecule has 144 valence electrons. The third kappa shape index (κ3) is 2.24. The van der Waals surface area contributed by atoms with Gasteiger partial charge in [0, 0.05) is 11.6 Å². The average molecular weight is 389 g/mol. The van der Waals surface area contributed by atoms with Gasteiger partial charge in [0.2, 0.25) is 11.8 Å². The number of carbonyl (C=O) groups is 2. The van der Waals surface area contributed by atoms with Crippen LogP contribution in [0.15, 0.2) is 24.3 Å². The number of para-hydroxylation sites is 1. The van der Waals surface area contributed by atoms with Crippen LogP contribution in [0.25, 0.3) is 0 Å². The summed E-state index contributed by atoms with van der Waals surface area (Å²) in [6.07, 6.45) is 5.02. The van der Waals surface area contributed by atoms with Crippen molar-refractivity contribution >= 4 is 23.4 Å². The summed E-state index contributed by atoms with van der Waals surface area (Å²) in [5.74, 6) is 1.89. The molecule has 4 aliphatic carbocycles. The van der Waals surface area contributed by atoms with Gasteiger partial charge in [0.1, 0.15) is 11.1 Å². The van der Waals surface area contributed by atoms with Crippen molar-refractivity contribution in [1.29, 1.82) is 0 Å². The summed E-state index contributed by atoms with van der Waals surface area (Å²) < 4.78 is 5.52. The Hall–Kier alpha value is -1.75. The van der Waals surface area contributed by atoms with E-state index in [0.717, 1.165) is 37.0 Å². The molecule has 2 amide bonds. The van der Waals surface area contributed by atoms with Gasteiger partial charge < -0.3 is 15.4 Å². The number of primary amides is 1. The highest BCUT2D eigenvalue weighted by atomic mass is 35.5. The molecule has 0 aromatic heterocycles. The largest absolute Gasteiger partial charge is 0.496 e. The Morgan fingerprint density at radius 2 is 1.89 bits per heavy atom. The molecule has 0 radical (unpaired) electrons. The van der Waals surface area contributed by atoms with Crippen molar-refractivity contribution in [1.82, 2.24) is 4.90 Å². The van der Waals surface area contributed by atoms with E-state index in [1.807, 2.05) is 29.2 Å². The van der Waals surface area contributed by atoms with Gasteiger partial charge in [-0.05, 0) is 55.9 Å². The van der Waals surface area contributed by atoms with E-state index in [-0.39, 0.29) is 23.9 Å². The quantitative estimate of drug-likeness (QED) is 0.636. The molecule has 1 aliphatic heterocycles. The van der Waals surface area contributed by atoms with Gasteiger partial charge in [-0.25, -0.2) is 0 Å². The van der Waals surface area contributed by atoms with Gasteiger partial charge in [0.15, 0.2) is 0 Å². The highest BCUT2D eigenvalue weighted by Gasteiger charge is 2.66. The standard InChI is InChI=1S/C21H25ClN2O3/c1-27-15-5-3-2-4-14(15)17-16(22)19(25)24(17)18-13-7-11-6-12(8-13)10-21(18,9-11)20(23)26/h2-5,11-13,16-18H,6-10H2,1H3,(H2,23,26). The van der Waals surface area contributed by atoms with Crippen molar-refractivity contribution < 1.29 is 14.3 Å². The topological polar surface area (TPSA) is 72.6 Å². The van der Waals surface area contributed by atoms with Crippen LogP contribution in [-0.4, -0.2) is 35.2 Å². The second-order valence-corrected chi connectivity index (χ2v) is 9.38. The van der Waals surface area contributed by atoms with Crippen LogP contribution in [0.2, 0.25) is 0 Å². The molecule has 5 atom stereocenters. The Bertz CT molecular complexity index is 798. The van der Waals surface area contributed by atoms with E-state index in [4.69, 9.17) is 22.1 Å². The zero-order chi connectivity index (χ0) is 18.9. The predicted octanol–water partition coefficient (Wildman–Crippen LogP) is 2.87. The van der Waals surface area contributed by atoms with E-state index in [9.17, 15) is 9.59 Å². The molecule has 6 rings (SSSR count). The van der Waals surface area contributed by atoms with Crippen LogP contribution in [0.3, 0.4) is 0 Å². The first kappa shape index (κ1) is 17.4. The number of benzene rings is 1. The number of alkyl halides is 1. The van der Waals surface area contributed by atoms with Gasteiger partial charge in [-0.2, -0.15) is 0 Å². The molecule has 27 heavy (non-hydrogen) atoms. The number of carbonyl (C=O) groups excluding carboxylic acids is 2. The van der Waals surface area contributed by atoms with E-state index in [0.29, 0.717) is 17.8 Å². The molecule has 4 bridgehead atoms. The van der Waals surface area contributed by atoms with Crippen LogP contribution in [0, 0.1) is 23.2 Å². The maximum atomic E-state index is 12.9. The van der Waals surface area contributed by atoms with Crippen molar-refractivity contribution in [3.05, 3.63) is 29.8 Å². The molecular formula is C21H25ClN2O3. The van der Waals surface area contributed by atoms with Gasteiger partial charge >= 0.3 is 0 Å². The first-order valence-electron chi connectivity index (χ1n) is 9.85. The van der Waals surface area contributed by atoms with Crippen molar-refractivity contribution in [3.8, 4) is 5.75 Å². The maximum absolute atomic E-state index is 12.9. The molecule has 5 nitrogen and oxygen atoms in total. The Morgan fingerprint density at radius 3 is 2.52 bits per heavy atom. The summed E-state index contributed by atoms with van der Waals surface area (Å²) in [5, 5.41) is -0.622. The molecule has 1 heterocycles. The molecule has 6 heteroatoms. The second-order valence-electron chi connectivity index (χ2n) is 8.91. The number of likely N-dealkylation sites (tertiary alicyclic amines) is 1. The number of hydrogen-bond donors (Lipinski definition) is 1. The molecule has 2 N–H and O–H groups in total. The molecular weight excluding hydrogens is 364 g/mol. The number of amides is 2. The number of hydrogen-bond acceptors (Lipinski definition) is 3. The molecule has 0 spiro atoms. The minimum Gasteiger partial charge on any atom is -0.496 e. The summed E-state index contributed by atoms with van der Waals surface area (Å²) in [6.45, 7) is 0. The van der Waals surface area contributed by atoms with Crippen LogP contribution in [0.1, 0.15) is 43.7 Å². The molecule has 5 unspecified atom stereocenters. The Kier molecular flexibility index (Phi) is 3.77. The van der Waals surface area contributed by atoms with Gasteiger partial charge in [-0.3, -0.25) is 9.59 Å². The Balaban J connectivity index is 1.58. The number of ether oxygens (including phenoxy) is 1. The van der Waals surface area contributed by atoms with Crippen LogP contribution in [-0.2, 0) is 9.59 Å². The number of nitrogens with zero attached hydrogens (tertiary/aromatic N) is 1. The number of halogens is 1. The SMILES string of the molecule is COc1ccccc1C1C(Cl)C(=O)N1C1C2CC3CC(C2)CC1(C(N)=O)C3. The first-order valence-corrected chi connectivity index (χ1v) is 10.3. The smallest absolute Gasteiger partial charge is 0.244 e. The normalized spacial score (nSPS) is 42.1. The van der Waals surface area contributed by atoms with Crippen LogP contribution < -0.4 is 10.5 Å². The van der Waals surface area contributed by atoms with Gasteiger partial charge in [0.25, 0.3) is 0 Å². The zero-order valence-corrected chi connectivity index (χ0v) is 16.2. The number of nitrogens with two attached hydrogens (primary N) is 1. The summed E-state index contributed by atoms with van der Waals surface area (Å²) >= 11 is 6.50. The molecule has 4 saturated carbocycles. The Morgan fingerprint density at radius 1 is 1.22 bits per heavy atom.